The Morgan fingerprint density at radius 1 is 1.33 bits per heavy atom. The lowest BCUT2D eigenvalue weighted by atomic mass is 10.2. The molecule has 0 amide bonds. The lowest BCUT2D eigenvalue weighted by Gasteiger charge is -2.17. The predicted octanol–water partition coefficient (Wildman–Crippen LogP) is 0.988. The van der Waals surface area contributed by atoms with Crippen molar-refractivity contribution >= 4 is 5.97 Å². The van der Waals surface area contributed by atoms with Crippen LogP contribution in [-0.4, -0.2) is 18.7 Å². The SMILES string of the molecule is CO[n+]1ccccc1C(=O)OC(C)(C)C. The lowest BCUT2D eigenvalue weighted by molar-refractivity contribution is -0.887. The number of ether oxygens (including phenoxy) is 1. The quantitative estimate of drug-likeness (QED) is 0.539. The van der Waals surface area contributed by atoms with Crippen LogP contribution >= 0.6 is 0 Å². The van der Waals surface area contributed by atoms with Gasteiger partial charge < -0.3 is 4.74 Å². The molecule has 0 aliphatic heterocycles. The van der Waals surface area contributed by atoms with E-state index in [9.17, 15) is 4.79 Å². The third-order valence-electron chi connectivity index (χ3n) is 1.63. The molecule has 1 aromatic rings. The molecular formula is C11H16NO3+. The van der Waals surface area contributed by atoms with Crippen LogP contribution in [0.3, 0.4) is 0 Å². The smallest absolute Gasteiger partial charge is 0.409 e. The molecule has 1 heterocycles. The summed E-state index contributed by atoms with van der Waals surface area (Å²) in [7, 11) is 1.49. The summed E-state index contributed by atoms with van der Waals surface area (Å²) in [5.41, 5.74) is -0.131. The molecule has 0 aliphatic rings. The van der Waals surface area contributed by atoms with Gasteiger partial charge >= 0.3 is 11.7 Å². The molecule has 1 aromatic heterocycles. The molecule has 0 saturated heterocycles. The summed E-state index contributed by atoms with van der Waals surface area (Å²) in [6, 6.07) is 5.18. The summed E-state index contributed by atoms with van der Waals surface area (Å²) < 4.78 is 6.60. The Bertz CT molecular complexity index is 355. The monoisotopic (exact) mass is 210 g/mol. The molecule has 0 spiro atoms. The molecule has 0 fully saturated rings. The molecule has 0 unspecified atom stereocenters. The first kappa shape index (κ1) is 11.5. The zero-order chi connectivity index (χ0) is 11.5. The fourth-order valence-electron chi connectivity index (χ4n) is 1.08. The Hall–Kier alpha value is -1.58. The number of carbonyl (C=O) groups is 1. The number of carbonyl (C=O) groups excluding carboxylic acids is 1. The van der Waals surface area contributed by atoms with Crippen molar-refractivity contribution in [1.29, 1.82) is 0 Å². The molecule has 1 rings (SSSR count). The van der Waals surface area contributed by atoms with E-state index in [1.807, 2.05) is 20.8 Å². The van der Waals surface area contributed by atoms with Gasteiger partial charge in [0.1, 0.15) is 12.7 Å². The van der Waals surface area contributed by atoms with Crippen LogP contribution < -0.4 is 9.57 Å². The molecule has 0 aliphatic carbocycles. The number of hydrogen-bond donors (Lipinski definition) is 0. The second-order valence-electron chi connectivity index (χ2n) is 4.10. The van der Waals surface area contributed by atoms with Crippen molar-refractivity contribution in [2.45, 2.75) is 26.4 Å². The van der Waals surface area contributed by atoms with Gasteiger partial charge in [0.25, 0.3) is 0 Å². The highest BCUT2D eigenvalue weighted by Gasteiger charge is 2.26. The van der Waals surface area contributed by atoms with Crippen LogP contribution in [0.5, 0.6) is 0 Å². The number of esters is 1. The summed E-state index contributed by atoms with van der Waals surface area (Å²) in [5.74, 6) is -0.398. The van der Waals surface area contributed by atoms with Gasteiger partial charge in [-0.25, -0.2) is 4.79 Å². The Balaban J connectivity index is 2.91. The predicted molar refractivity (Wildman–Crippen MR) is 54.3 cm³/mol. The standard InChI is InChI=1S/C11H16NO3/c1-11(2,3)15-10(13)9-7-5-6-8-12(9)14-4/h5-8H,1-4H3/q+1. The van der Waals surface area contributed by atoms with Gasteiger partial charge in [-0.1, -0.05) is 0 Å². The minimum absolute atomic E-state index is 0.370. The molecular weight excluding hydrogens is 194 g/mol. The molecule has 0 aromatic carbocycles. The topological polar surface area (TPSA) is 39.4 Å². The summed E-state index contributed by atoms with van der Waals surface area (Å²) >= 11 is 0. The van der Waals surface area contributed by atoms with Crippen LogP contribution in [0.4, 0.5) is 0 Å². The molecule has 0 saturated carbocycles. The van der Waals surface area contributed by atoms with E-state index in [-0.39, 0.29) is 0 Å². The highest BCUT2D eigenvalue weighted by molar-refractivity contribution is 5.85. The van der Waals surface area contributed by atoms with Gasteiger partial charge in [-0.15, -0.1) is 0 Å². The number of aromatic nitrogens is 1. The zero-order valence-electron chi connectivity index (χ0n) is 9.48. The summed E-state index contributed by atoms with van der Waals surface area (Å²) in [6.07, 6.45) is 1.65. The van der Waals surface area contributed by atoms with Crippen molar-refractivity contribution in [3.05, 3.63) is 30.1 Å². The van der Waals surface area contributed by atoms with Gasteiger partial charge in [0, 0.05) is 16.9 Å². The Morgan fingerprint density at radius 2 is 2.00 bits per heavy atom. The first-order valence-electron chi connectivity index (χ1n) is 4.72. The number of pyridine rings is 1. The second-order valence-corrected chi connectivity index (χ2v) is 4.10. The van der Waals surface area contributed by atoms with E-state index in [1.54, 1.807) is 24.4 Å². The van der Waals surface area contributed by atoms with Gasteiger partial charge in [-0.3, -0.25) is 4.84 Å². The summed E-state index contributed by atoms with van der Waals surface area (Å²) in [5, 5.41) is 0. The number of nitrogens with zero attached hydrogens (tertiary/aromatic N) is 1. The van der Waals surface area contributed by atoms with Gasteiger partial charge in [-0.05, 0) is 26.8 Å². The molecule has 82 valence electrons. The zero-order valence-corrected chi connectivity index (χ0v) is 9.48. The number of rotatable bonds is 2. The summed E-state index contributed by atoms with van der Waals surface area (Å²) in [4.78, 5) is 16.7. The normalized spacial score (nSPS) is 10.9. The molecule has 0 N–H and O–H groups in total. The van der Waals surface area contributed by atoms with E-state index >= 15 is 0 Å². The third-order valence-corrected chi connectivity index (χ3v) is 1.63. The highest BCUT2D eigenvalue weighted by Crippen LogP contribution is 2.09. The Labute approximate surface area is 89.4 Å². The van der Waals surface area contributed by atoms with Crippen molar-refractivity contribution < 1.29 is 19.1 Å². The molecule has 4 nitrogen and oxygen atoms in total. The van der Waals surface area contributed by atoms with Gasteiger partial charge in [-0.2, -0.15) is 0 Å². The molecule has 15 heavy (non-hydrogen) atoms. The maximum Gasteiger partial charge on any atom is 0.409 e. The minimum atomic E-state index is -0.501. The van der Waals surface area contributed by atoms with Crippen LogP contribution in [0.25, 0.3) is 0 Å². The van der Waals surface area contributed by atoms with E-state index in [4.69, 9.17) is 9.57 Å². The minimum Gasteiger partial charge on any atom is -0.452 e. The van der Waals surface area contributed by atoms with E-state index in [0.29, 0.717) is 5.69 Å². The molecule has 0 bridgehead atoms. The maximum atomic E-state index is 11.7. The first-order chi connectivity index (χ1) is 6.94. The van der Waals surface area contributed by atoms with Crippen LogP contribution in [0.15, 0.2) is 24.4 Å². The van der Waals surface area contributed by atoms with Crippen LogP contribution in [0.2, 0.25) is 0 Å². The van der Waals surface area contributed by atoms with Gasteiger partial charge in [0.05, 0.1) is 0 Å². The van der Waals surface area contributed by atoms with Crippen LogP contribution in [0.1, 0.15) is 31.3 Å². The van der Waals surface area contributed by atoms with Gasteiger partial charge in [0.2, 0.25) is 6.20 Å². The van der Waals surface area contributed by atoms with Crippen LogP contribution in [0, 0.1) is 0 Å². The Kier molecular flexibility index (Phi) is 3.29. The van der Waals surface area contributed by atoms with Crippen molar-refractivity contribution in [2.24, 2.45) is 0 Å². The summed E-state index contributed by atoms with van der Waals surface area (Å²) in [6.45, 7) is 5.47. The fraction of sp³-hybridized carbons (Fsp3) is 0.455. The van der Waals surface area contributed by atoms with E-state index < -0.39 is 11.6 Å². The third kappa shape index (κ3) is 3.23. The van der Waals surface area contributed by atoms with E-state index in [1.165, 1.54) is 11.8 Å². The Morgan fingerprint density at radius 3 is 2.53 bits per heavy atom. The van der Waals surface area contributed by atoms with Crippen molar-refractivity contribution in [2.75, 3.05) is 7.11 Å². The first-order valence-corrected chi connectivity index (χ1v) is 4.72. The molecule has 4 heteroatoms. The average Bonchev–Trinajstić information content (AvgIpc) is 2.15. The highest BCUT2D eigenvalue weighted by atomic mass is 16.6. The van der Waals surface area contributed by atoms with Crippen molar-refractivity contribution in [3.63, 3.8) is 0 Å². The average molecular weight is 210 g/mol. The van der Waals surface area contributed by atoms with E-state index in [2.05, 4.69) is 0 Å². The van der Waals surface area contributed by atoms with Crippen LogP contribution in [-0.2, 0) is 4.74 Å². The van der Waals surface area contributed by atoms with Gasteiger partial charge in [0.15, 0.2) is 0 Å². The van der Waals surface area contributed by atoms with Crippen molar-refractivity contribution in [1.82, 2.24) is 0 Å². The maximum absolute atomic E-state index is 11.7. The number of hydrogen-bond acceptors (Lipinski definition) is 3. The second kappa shape index (κ2) is 4.29. The van der Waals surface area contributed by atoms with E-state index in [0.717, 1.165) is 0 Å². The fourth-order valence-corrected chi connectivity index (χ4v) is 1.08. The molecule has 0 atom stereocenters. The lowest BCUT2D eigenvalue weighted by Crippen LogP contribution is -2.46. The molecule has 0 radical (unpaired) electrons. The van der Waals surface area contributed by atoms with Crippen molar-refractivity contribution in [3.8, 4) is 0 Å². The largest absolute Gasteiger partial charge is 0.452 e.